The van der Waals surface area contributed by atoms with Crippen molar-refractivity contribution in [2.24, 2.45) is 0 Å². The SMILES string of the molecule is CCCC[C@H]1C(=O)N(C)CCN1C(=O)CCc1c(C)n[nH]c1C. The Morgan fingerprint density at radius 2 is 2.09 bits per heavy atom. The van der Waals surface area contributed by atoms with E-state index in [1.165, 1.54) is 0 Å². The smallest absolute Gasteiger partial charge is 0.245 e. The van der Waals surface area contributed by atoms with Gasteiger partial charge in [-0.05, 0) is 32.3 Å². The molecule has 0 radical (unpaired) electrons. The van der Waals surface area contributed by atoms with Gasteiger partial charge in [0.1, 0.15) is 6.04 Å². The lowest BCUT2D eigenvalue weighted by Gasteiger charge is -2.39. The number of hydrogen-bond donors (Lipinski definition) is 1. The molecule has 0 spiro atoms. The second-order valence-corrected chi connectivity index (χ2v) is 6.42. The Morgan fingerprint density at radius 3 is 2.70 bits per heavy atom. The van der Waals surface area contributed by atoms with Crippen LogP contribution in [0.15, 0.2) is 0 Å². The lowest BCUT2D eigenvalue weighted by molar-refractivity contribution is -0.150. The second kappa shape index (κ2) is 7.62. The van der Waals surface area contributed by atoms with E-state index in [0.717, 1.165) is 36.2 Å². The first-order valence-electron chi connectivity index (χ1n) is 8.50. The summed E-state index contributed by atoms with van der Waals surface area (Å²) in [5.41, 5.74) is 3.09. The van der Waals surface area contributed by atoms with Crippen molar-refractivity contribution in [3.8, 4) is 0 Å². The van der Waals surface area contributed by atoms with E-state index < -0.39 is 0 Å². The molecule has 128 valence electrons. The summed E-state index contributed by atoms with van der Waals surface area (Å²) >= 11 is 0. The maximum atomic E-state index is 12.7. The number of rotatable bonds is 6. The summed E-state index contributed by atoms with van der Waals surface area (Å²) < 4.78 is 0. The van der Waals surface area contributed by atoms with Crippen molar-refractivity contribution in [2.45, 2.75) is 58.9 Å². The summed E-state index contributed by atoms with van der Waals surface area (Å²) in [6.07, 6.45) is 3.86. The van der Waals surface area contributed by atoms with E-state index in [2.05, 4.69) is 17.1 Å². The molecular weight excluding hydrogens is 292 g/mol. The number of nitrogens with zero attached hydrogens (tertiary/aromatic N) is 3. The molecular formula is C17H28N4O2. The Kier molecular flexibility index (Phi) is 5.80. The van der Waals surface area contributed by atoms with Crippen LogP contribution in [0.3, 0.4) is 0 Å². The van der Waals surface area contributed by atoms with Crippen LogP contribution in [0.2, 0.25) is 0 Å². The van der Waals surface area contributed by atoms with Gasteiger partial charge in [-0.25, -0.2) is 0 Å². The molecule has 2 amide bonds. The molecule has 1 aliphatic rings. The molecule has 1 fully saturated rings. The molecule has 0 unspecified atom stereocenters. The Labute approximate surface area is 138 Å². The van der Waals surface area contributed by atoms with Gasteiger partial charge in [0, 0.05) is 32.3 Å². The molecule has 0 saturated carbocycles. The molecule has 6 nitrogen and oxygen atoms in total. The van der Waals surface area contributed by atoms with Gasteiger partial charge in [-0.2, -0.15) is 5.10 Å². The third-order valence-electron chi connectivity index (χ3n) is 4.73. The van der Waals surface area contributed by atoms with Gasteiger partial charge >= 0.3 is 0 Å². The van der Waals surface area contributed by atoms with Gasteiger partial charge in [-0.15, -0.1) is 0 Å². The van der Waals surface area contributed by atoms with Crippen molar-refractivity contribution in [2.75, 3.05) is 20.1 Å². The fraction of sp³-hybridized carbons (Fsp3) is 0.706. The third-order valence-corrected chi connectivity index (χ3v) is 4.73. The van der Waals surface area contributed by atoms with Crippen LogP contribution in [-0.4, -0.2) is 58.0 Å². The van der Waals surface area contributed by atoms with E-state index in [9.17, 15) is 9.59 Å². The molecule has 6 heteroatoms. The second-order valence-electron chi connectivity index (χ2n) is 6.42. The van der Waals surface area contributed by atoms with Crippen molar-refractivity contribution in [1.29, 1.82) is 0 Å². The highest BCUT2D eigenvalue weighted by Gasteiger charge is 2.35. The van der Waals surface area contributed by atoms with E-state index in [0.29, 0.717) is 25.9 Å². The molecule has 1 aliphatic heterocycles. The van der Waals surface area contributed by atoms with Crippen molar-refractivity contribution in [3.05, 3.63) is 17.0 Å². The molecule has 0 aromatic carbocycles. The highest BCUT2D eigenvalue weighted by atomic mass is 16.2. The first-order chi connectivity index (χ1) is 11.0. The summed E-state index contributed by atoms with van der Waals surface area (Å²) in [7, 11) is 1.82. The van der Waals surface area contributed by atoms with Gasteiger partial charge in [0.25, 0.3) is 0 Å². The van der Waals surface area contributed by atoms with Crippen LogP contribution in [-0.2, 0) is 16.0 Å². The fourth-order valence-corrected chi connectivity index (χ4v) is 3.20. The van der Waals surface area contributed by atoms with Gasteiger partial charge in [0.2, 0.25) is 11.8 Å². The molecule has 23 heavy (non-hydrogen) atoms. The van der Waals surface area contributed by atoms with Crippen LogP contribution in [0, 0.1) is 13.8 Å². The summed E-state index contributed by atoms with van der Waals surface area (Å²) in [5.74, 6) is 0.154. The maximum absolute atomic E-state index is 12.7. The third kappa shape index (κ3) is 3.92. The molecule has 2 rings (SSSR count). The molecule has 1 aromatic heterocycles. The standard InChI is InChI=1S/C17H28N4O2/c1-5-6-7-15-17(23)20(4)10-11-21(15)16(22)9-8-14-12(2)18-19-13(14)3/h15H,5-11H2,1-4H3,(H,18,19)/t15-/m0/s1. The molecule has 0 bridgehead atoms. The number of amides is 2. The number of likely N-dealkylation sites (N-methyl/N-ethyl adjacent to an activating group) is 1. The number of H-pyrrole nitrogens is 1. The van der Waals surface area contributed by atoms with Crippen LogP contribution < -0.4 is 0 Å². The minimum atomic E-state index is -0.284. The number of aryl methyl sites for hydroxylation is 2. The molecule has 2 heterocycles. The lowest BCUT2D eigenvalue weighted by Crippen LogP contribution is -2.57. The van der Waals surface area contributed by atoms with Crippen molar-refractivity contribution in [1.82, 2.24) is 20.0 Å². The van der Waals surface area contributed by atoms with Gasteiger partial charge in [-0.3, -0.25) is 14.7 Å². The fourth-order valence-electron chi connectivity index (χ4n) is 3.20. The van der Waals surface area contributed by atoms with Crippen LogP contribution in [0.4, 0.5) is 0 Å². The largest absolute Gasteiger partial charge is 0.342 e. The van der Waals surface area contributed by atoms with E-state index >= 15 is 0 Å². The highest BCUT2D eigenvalue weighted by molar-refractivity contribution is 5.88. The zero-order chi connectivity index (χ0) is 17.0. The first-order valence-corrected chi connectivity index (χ1v) is 8.50. The predicted molar refractivity (Wildman–Crippen MR) is 89.0 cm³/mol. The number of carbonyl (C=O) groups is 2. The van der Waals surface area contributed by atoms with Crippen LogP contribution in [0.5, 0.6) is 0 Å². The quantitative estimate of drug-likeness (QED) is 0.869. The maximum Gasteiger partial charge on any atom is 0.245 e. The highest BCUT2D eigenvalue weighted by Crippen LogP contribution is 2.19. The molecule has 1 aromatic rings. The predicted octanol–water partition coefficient (Wildman–Crippen LogP) is 1.82. The summed E-state index contributed by atoms with van der Waals surface area (Å²) in [5, 5.41) is 7.13. The number of aromatic amines is 1. The summed E-state index contributed by atoms with van der Waals surface area (Å²) in [4.78, 5) is 28.6. The topological polar surface area (TPSA) is 69.3 Å². The monoisotopic (exact) mass is 320 g/mol. The number of piperazine rings is 1. The van der Waals surface area contributed by atoms with E-state index in [1.54, 1.807) is 9.80 Å². The lowest BCUT2D eigenvalue weighted by atomic mass is 10.0. The number of unbranched alkanes of at least 4 members (excludes halogenated alkanes) is 1. The Hall–Kier alpha value is -1.85. The average Bonchev–Trinajstić information content (AvgIpc) is 2.85. The molecule has 1 saturated heterocycles. The van der Waals surface area contributed by atoms with E-state index in [-0.39, 0.29) is 17.9 Å². The van der Waals surface area contributed by atoms with Crippen molar-refractivity contribution in [3.63, 3.8) is 0 Å². The molecule has 1 atom stereocenters. The number of carbonyl (C=O) groups excluding carboxylic acids is 2. The van der Waals surface area contributed by atoms with Crippen LogP contribution >= 0.6 is 0 Å². The van der Waals surface area contributed by atoms with Gasteiger partial charge in [0.15, 0.2) is 0 Å². The average molecular weight is 320 g/mol. The zero-order valence-corrected chi connectivity index (χ0v) is 14.7. The summed E-state index contributed by atoms with van der Waals surface area (Å²) in [6, 6.07) is -0.284. The Balaban J connectivity index is 2.02. The normalized spacial score (nSPS) is 18.6. The van der Waals surface area contributed by atoms with Crippen LogP contribution in [0.25, 0.3) is 0 Å². The number of aromatic nitrogens is 2. The molecule has 1 N–H and O–H groups in total. The Bertz CT molecular complexity index is 547. The van der Waals surface area contributed by atoms with Crippen LogP contribution in [0.1, 0.15) is 49.6 Å². The minimum absolute atomic E-state index is 0.0764. The van der Waals surface area contributed by atoms with E-state index in [1.807, 2.05) is 20.9 Å². The van der Waals surface area contributed by atoms with Crippen molar-refractivity contribution >= 4 is 11.8 Å². The molecule has 0 aliphatic carbocycles. The van der Waals surface area contributed by atoms with E-state index in [4.69, 9.17) is 0 Å². The van der Waals surface area contributed by atoms with Gasteiger partial charge in [-0.1, -0.05) is 19.8 Å². The minimum Gasteiger partial charge on any atom is -0.342 e. The zero-order valence-electron chi connectivity index (χ0n) is 14.7. The first kappa shape index (κ1) is 17.5. The summed E-state index contributed by atoms with van der Waals surface area (Å²) in [6.45, 7) is 7.29. The van der Waals surface area contributed by atoms with Gasteiger partial charge < -0.3 is 9.80 Å². The van der Waals surface area contributed by atoms with Gasteiger partial charge in [0.05, 0.1) is 5.69 Å². The van der Waals surface area contributed by atoms with Crippen molar-refractivity contribution < 1.29 is 9.59 Å². The number of nitrogens with one attached hydrogen (secondary N) is 1. The Morgan fingerprint density at radius 1 is 1.35 bits per heavy atom. The number of hydrogen-bond acceptors (Lipinski definition) is 3.